The van der Waals surface area contributed by atoms with E-state index in [1.165, 1.54) is 6.08 Å². The minimum absolute atomic E-state index is 0. The van der Waals surface area contributed by atoms with Gasteiger partial charge in [-0.2, -0.15) is 0 Å². The molecule has 5 rings (SSSR count). The van der Waals surface area contributed by atoms with Crippen LogP contribution in [0.4, 0.5) is 0 Å². The molecule has 5 aliphatic rings. The summed E-state index contributed by atoms with van der Waals surface area (Å²) in [6.07, 6.45) is -2.33. The van der Waals surface area contributed by atoms with Gasteiger partial charge in [-0.15, -0.1) is 0 Å². The standard InChI is InChI=1S/C12H15NO4.C10H15NO4.2W.2Y/c1-5-6(2)12(4-8(14)13-12)11(16)10-7(5)3-9(15)17-10;1-4-5(2)10(3-6(12)11-10)9(15)8(14)7(4)13;;;;/h3,5-6,10-11,16H,4H2,1-2H3,(H,13,14);4-5,8-9,14-15H,3H2,1-2H3,(H,11,12);;;;/p-2/t5-,6+,10+,11+,12?;4-,5+,8+,9+,10?;;;;/m00..../s1. The Labute approximate surface area is 288 Å². The fraction of sp³-hybridized carbons (Fsp3) is 0.727. The number of aliphatic hydroxyl groups excluding tert-OH is 3. The van der Waals surface area contributed by atoms with Gasteiger partial charge in [-0.25, -0.2) is 4.79 Å². The number of carbonyl (C=O) groups excluding carboxylic acids is 4. The molecule has 0 aromatic heterocycles. The van der Waals surface area contributed by atoms with Crippen molar-refractivity contribution in [3.8, 4) is 0 Å². The van der Waals surface area contributed by atoms with E-state index in [4.69, 9.17) is 4.74 Å². The second kappa shape index (κ2) is 13.3. The molecule has 2 saturated carbocycles. The maximum absolute atomic E-state index is 11.5. The third-order valence-corrected chi connectivity index (χ3v) is 8.34. The van der Waals surface area contributed by atoms with E-state index < -0.39 is 41.5 Å². The van der Waals surface area contributed by atoms with Crippen LogP contribution < -0.4 is 0 Å². The van der Waals surface area contributed by atoms with Crippen LogP contribution in [0.3, 0.4) is 0 Å². The van der Waals surface area contributed by atoms with E-state index in [-0.39, 0.29) is 162 Å². The van der Waals surface area contributed by atoms with Crippen molar-refractivity contribution in [2.24, 2.45) is 23.7 Å². The molecular weight excluding hydrogens is 966 g/mol. The summed E-state index contributed by atoms with van der Waals surface area (Å²) >= 11 is 0. The molecule has 3 N–H and O–H groups in total. The van der Waals surface area contributed by atoms with E-state index in [1.54, 1.807) is 13.8 Å². The number of nitrogens with zero attached hydrogens (tertiary/aromatic N) is 2. The quantitative estimate of drug-likeness (QED) is 0.228. The van der Waals surface area contributed by atoms with Crippen LogP contribution in [0.5, 0.6) is 0 Å². The topological polar surface area (TPSA) is 166 Å². The van der Waals surface area contributed by atoms with Crippen molar-refractivity contribution in [3.63, 3.8) is 0 Å². The van der Waals surface area contributed by atoms with Crippen LogP contribution in [0.15, 0.2) is 11.6 Å². The van der Waals surface area contributed by atoms with Gasteiger partial charge in [-0.05, 0) is 36.2 Å². The average Bonchev–Trinajstić information content (AvgIpc) is 3.10. The Hall–Kier alpha value is 1.28. The van der Waals surface area contributed by atoms with E-state index in [9.17, 15) is 34.5 Å². The Balaban J connectivity index is 0.000000617. The number of ether oxygens (including phenoxy) is 1. The molecule has 2 saturated heterocycles. The molecule has 2 unspecified atom stereocenters. The molecule has 3 aliphatic heterocycles. The van der Waals surface area contributed by atoms with Crippen LogP contribution in [0.1, 0.15) is 40.5 Å². The summed E-state index contributed by atoms with van der Waals surface area (Å²) in [5.74, 6) is -1.68. The minimum Gasteiger partial charge on any atom is -0.645 e. The monoisotopic (exact) mass is 994 g/mol. The van der Waals surface area contributed by atoms with Crippen LogP contribution in [0, 0.1) is 23.7 Å². The number of β-lactam (4-membered cyclic amide) rings is 2. The molecule has 2 aliphatic carbocycles. The third-order valence-electron chi connectivity index (χ3n) is 8.34. The number of aliphatic hydroxyl groups is 3. The molecule has 4 fully saturated rings. The predicted molar refractivity (Wildman–Crippen MR) is 109 cm³/mol. The van der Waals surface area contributed by atoms with Gasteiger partial charge in [-0.3, -0.25) is 4.79 Å². The summed E-state index contributed by atoms with van der Waals surface area (Å²) < 4.78 is 5.11. The zero-order valence-corrected chi connectivity index (χ0v) is 31.9. The molecule has 2 spiro atoms. The second-order valence-corrected chi connectivity index (χ2v) is 9.74. The van der Waals surface area contributed by atoms with Crippen molar-refractivity contribution in [2.75, 3.05) is 0 Å². The summed E-state index contributed by atoms with van der Waals surface area (Å²) in [5.41, 5.74) is -0.845. The molecule has 10 atom stereocenters. The number of amides is 2. The normalized spacial score (nSPS) is 43.6. The van der Waals surface area contributed by atoms with Crippen LogP contribution in [0.25, 0.3) is 10.6 Å². The zero-order chi connectivity index (χ0) is 23.7. The van der Waals surface area contributed by atoms with Gasteiger partial charge in [0.1, 0.15) is 12.2 Å². The minimum atomic E-state index is -1.41. The van der Waals surface area contributed by atoms with E-state index in [2.05, 4.69) is 10.6 Å². The average molecular weight is 994 g/mol. The summed E-state index contributed by atoms with van der Waals surface area (Å²) in [6, 6.07) is 0. The van der Waals surface area contributed by atoms with Gasteiger partial charge in [0.2, 0.25) is 0 Å². The van der Waals surface area contributed by atoms with Crippen molar-refractivity contribution in [1.29, 1.82) is 0 Å². The van der Waals surface area contributed by atoms with E-state index >= 15 is 0 Å². The number of rotatable bonds is 0. The van der Waals surface area contributed by atoms with Crippen LogP contribution in [0.2, 0.25) is 0 Å². The molecule has 2 amide bonds. The Bertz CT molecular complexity index is 900. The Morgan fingerprint density at radius 3 is 1.67 bits per heavy atom. The smallest absolute Gasteiger partial charge is 0.331 e. The van der Waals surface area contributed by atoms with E-state index in [0.717, 1.165) is 5.57 Å². The molecule has 0 aromatic rings. The first-order chi connectivity index (χ1) is 14.9. The van der Waals surface area contributed by atoms with Crippen LogP contribution >= 0.6 is 0 Å². The SMILES string of the molecule is C[C@@H]1C(=O)[C@@H](O)[C@@H](O)C2(CC(=O)[N-]2)[C@@H]1C.C[C@@H]1C2=CC(=O)O[C@H]2[C@@H](O)C2(CC(=O)[N-]2)[C@@H]1C.[W].[W].[Y].[Y]. The number of ketones is 1. The van der Waals surface area contributed by atoms with Gasteiger partial charge < -0.3 is 40.3 Å². The van der Waals surface area contributed by atoms with Crippen LogP contribution in [-0.2, 0) is 131 Å². The number of Topliss-reactive ketones (excluding diaryl/α,β-unsaturated/α-hetero) is 1. The van der Waals surface area contributed by atoms with Crippen molar-refractivity contribution in [3.05, 3.63) is 22.3 Å². The van der Waals surface area contributed by atoms with E-state index in [1.807, 2.05) is 13.8 Å². The second-order valence-electron chi connectivity index (χ2n) is 9.74. The van der Waals surface area contributed by atoms with Crippen molar-refractivity contribution >= 4 is 23.6 Å². The third kappa shape index (κ3) is 5.70. The molecule has 14 heteroatoms. The van der Waals surface area contributed by atoms with E-state index in [0.29, 0.717) is 0 Å². The molecule has 194 valence electrons. The first-order valence-corrected chi connectivity index (χ1v) is 10.9. The predicted octanol–water partition coefficient (Wildman–Crippen LogP) is 0.124. The molecule has 2 radical (unpaired) electrons. The van der Waals surface area contributed by atoms with Gasteiger partial charge in [0, 0.05) is 120 Å². The fourth-order valence-corrected chi connectivity index (χ4v) is 5.77. The summed E-state index contributed by atoms with van der Waals surface area (Å²) in [5, 5.41) is 37.5. The maximum atomic E-state index is 11.5. The van der Waals surface area contributed by atoms with Gasteiger partial charge in [0.05, 0.1) is 24.0 Å². The first-order valence-electron chi connectivity index (χ1n) is 10.9. The molecule has 36 heavy (non-hydrogen) atoms. The number of carbonyl (C=O) groups is 4. The van der Waals surface area contributed by atoms with Crippen molar-refractivity contribution in [2.45, 2.75) is 76.0 Å². The van der Waals surface area contributed by atoms with Crippen LogP contribution in [-0.4, -0.2) is 74.4 Å². The summed E-state index contributed by atoms with van der Waals surface area (Å²) in [4.78, 5) is 44.8. The van der Waals surface area contributed by atoms with Gasteiger partial charge in [-0.1, -0.05) is 38.8 Å². The molecular formula is C22H28N2O8W2Y2-2. The largest absolute Gasteiger partial charge is 0.645 e. The molecule has 10 nitrogen and oxygen atoms in total. The fourth-order valence-electron chi connectivity index (χ4n) is 5.77. The van der Waals surface area contributed by atoms with Gasteiger partial charge >= 0.3 is 5.97 Å². The Kier molecular flexibility index (Phi) is 13.8. The maximum Gasteiger partial charge on any atom is 0.331 e. The summed E-state index contributed by atoms with van der Waals surface area (Å²) in [7, 11) is 0. The Morgan fingerprint density at radius 1 is 0.806 bits per heavy atom. The van der Waals surface area contributed by atoms with Crippen molar-refractivity contribution < 1.29 is 147 Å². The zero-order valence-electron chi connectivity index (χ0n) is 20.4. The molecule has 3 heterocycles. The van der Waals surface area contributed by atoms with Gasteiger partial charge in [0.25, 0.3) is 0 Å². The number of hydrogen-bond acceptors (Lipinski definition) is 8. The number of esters is 1. The van der Waals surface area contributed by atoms with Crippen molar-refractivity contribution in [1.82, 2.24) is 0 Å². The Morgan fingerprint density at radius 2 is 1.22 bits per heavy atom. The molecule has 0 bridgehead atoms. The number of fused-ring (bicyclic) bond motifs is 1. The molecule has 0 aromatic carbocycles. The summed E-state index contributed by atoms with van der Waals surface area (Å²) in [6.45, 7) is 7.43. The number of hydrogen-bond donors (Lipinski definition) is 3. The van der Waals surface area contributed by atoms with Gasteiger partial charge in [0.15, 0.2) is 5.78 Å². The first kappa shape index (κ1) is 37.3.